The van der Waals surface area contributed by atoms with E-state index in [1.54, 1.807) is 14.2 Å². The van der Waals surface area contributed by atoms with Crippen LogP contribution < -0.4 is 9.47 Å². The third-order valence-corrected chi connectivity index (χ3v) is 5.52. The molecule has 1 saturated heterocycles. The highest BCUT2D eigenvalue weighted by Crippen LogP contribution is 2.38. The zero-order chi connectivity index (χ0) is 19.5. The second-order valence-electron chi connectivity index (χ2n) is 6.87. The van der Waals surface area contributed by atoms with Gasteiger partial charge in [-0.25, -0.2) is 4.68 Å². The molecule has 0 saturated carbocycles. The van der Waals surface area contributed by atoms with E-state index in [-0.39, 0.29) is 6.04 Å². The van der Waals surface area contributed by atoms with E-state index < -0.39 is 0 Å². The first kappa shape index (κ1) is 18.7. The average molecular weight is 397 g/mol. The normalized spacial score (nSPS) is 17.0. The maximum Gasteiger partial charge on any atom is 0.217 e. The van der Waals surface area contributed by atoms with Gasteiger partial charge in [-0.15, -0.1) is 0 Å². The summed E-state index contributed by atoms with van der Waals surface area (Å²) in [4.78, 5) is 6.94. The van der Waals surface area contributed by atoms with Gasteiger partial charge in [-0.3, -0.25) is 10.00 Å². The minimum absolute atomic E-state index is 0.270. The zero-order valence-corrected chi connectivity index (χ0v) is 16.9. The second-order valence-corrected chi connectivity index (χ2v) is 7.23. The minimum atomic E-state index is 0.270. The topological polar surface area (TPSA) is 55.3 Å². The third-order valence-electron chi connectivity index (χ3n) is 5.21. The molecule has 6 nitrogen and oxygen atoms in total. The Kier molecular flexibility index (Phi) is 5.45. The van der Waals surface area contributed by atoms with Gasteiger partial charge in [0.05, 0.1) is 20.9 Å². The minimum Gasteiger partial charge on any atom is -0.497 e. The maximum absolute atomic E-state index is 5.63. The van der Waals surface area contributed by atoms with Crippen LogP contribution in [0.25, 0.3) is 11.4 Å². The first-order valence-electron chi connectivity index (χ1n) is 9.38. The summed E-state index contributed by atoms with van der Waals surface area (Å²) in [6.07, 6.45) is 2.21. The number of hydrogen-bond acceptors (Lipinski definition) is 5. The number of hydrogen-bond donors (Lipinski definition) is 1. The van der Waals surface area contributed by atoms with Crippen molar-refractivity contribution in [1.29, 1.82) is 0 Å². The van der Waals surface area contributed by atoms with Crippen molar-refractivity contribution in [2.24, 2.45) is 0 Å². The molecule has 28 heavy (non-hydrogen) atoms. The van der Waals surface area contributed by atoms with Crippen LogP contribution in [0.5, 0.6) is 11.5 Å². The molecule has 1 aromatic heterocycles. The largest absolute Gasteiger partial charge is 0.497 e. The molecule has 1 aliphatic rings. The highest BCUT2D eigenvalue weighted by atomic mass is 32.1. The maximum atomic E-state index is 5.63. The second kappa shape index (κ2) is 8.16. The summed E-state index contributed by atoms with van der Waals surface area (Å²) in [7, 11) is 3.37. The van der Waals surface area contributed by atoms with Crippen LogP contribution in [0.4, 0.5) is 0 Å². The number of ether oxygens (including phenoxy) is 2. The predicted octanol–water partition coefficient (Wildman–Crippen LogP) is 4.42. The van der Waals surface area contributed by atoms with Crippen molar-refractivity contribution in [3.8, 4) is 22.9 Å². The number of benzene rings is 2. The SMILES string of the molecule is COc1ccc([C@@H]2CCCN2Cn2[nH]c(-c3ccccc3)nc2=S)c(OC)c1. The van der Waals surface area contributed by atoms with Gasteiger partial charge in [0.15, 0.2) is 5.82 Å². The summed E-state index contributed by atoms with van der Waals surface area (Å²) in [6.45, 7) is 1.67. The molecule has 1 fully saturated rings. The van der Waals surface area contributed by atoms with Crippen LogP contribution in [0.3, 0.4) is 0 Å². The van der Waals surface area contributed by atoms with E-state index in [4.69, 9.17) is 21.7 Å². The van der Waals surface area contributed by atoms with Crippen LogP contribution >= 0.6 is 12.2 Å². The van der Waals surface area contributed by atoms with E-state index in [2.05, 4.69) is 21.0 Å². The quantitative estimate of drug-likeness (QED) is 0.625. The van der Waals surface area contributed by atoms with E-state index in [0.29, 0.717) is 11.4 Å². The standard InChI is InChI=1S/C21H24N4O2S/c1-26-16-10-11-17(19(13-16)27-2)18-9-6-12-24(18)14-25-21(28)22-20(23-25)15-7-4-3-5-8-15/h3-5,7-8,10-11,13,18H,6,9,12,14H2,1-2H3,(H,22,23,28)/t18-/m0/s1. The molecule has 2 heterocycles. The van der Waals surface area contributed by atoms with Crippen molar-refractivity contribution in [2.75, 3.05) is 20.8 Å². The van der Waals surface area contributed by atoms with E-state index >= 15 is 0 Å². The Balaban J connectivity index is 1.59. The summed E-state index contributed by atoms with van der Waals surface area (Å²) in [5.41, 5.74) is 2.21. The molecule has 1 N–H and O–H groups in total. The Bertz CT molecular complexity index is 999. The molecule has 0 unspecified atom stereocenters. The summed E-state index contributed by atoms with van der Waals surface area (Å²) >= 11 is 5.50. The molecule has 0 amide bonds. The van der Waals surface area contributed by atoms with Gasteiger partial charge in [-0.1, -0.05) is 36.4 Å². The fourth-order valence-electron chi connectivity index (χ4n) is 3.80. The van der Waals surface area contributed by atoms with Crippen LogP contribution in [-0.4, -0.2) is 40.4 Å². The fraction of sp³-hybridized carbons (Fsp3) is 0.333. The van der Waals surface area contributed by atoms with Gasteiger partial charge >= 0.3 is 0 Å². The molecule has 2 aromatic carbocycles. The highest BCUT2D eigenvalue weighted by Gasteiger charge is 2.29. The van der Waals surface area contributed by atoms with Gasteiger partial charge in [-0.05, 0) is 31.1 Å². The number of aromatic nitrogens is 3. The Morgan fingerprint density at radius 3 is 2.71 bits per heavy atom. The molecule has 3 aromatic rings. The fourth-order valence-corrected chi connectivity index (χ4v) is 4.00. The molecule has 7 heteroatoms. The Morgan fingerprint density at radius 2 is 1.96 bits per heavy atom. The van der Waals surface area contributed by atoms with Gasteiger partial charge in [0.1, 0.15) is 11.5 Å². The number of nitrogens with zero attached hydrogens (tertiary/aromatic N) is 3. The van der Waals surface area contributed by atoms with Gasteiger partial charge in [0.25, 0.3) is 0 Å². The van der Waals surface area contributed by atoms with Gasteiger partial charge in [-0.2, -0.15) is 4.98 Å². The first-order chi connectivity index (χ1) is 13.7. The Hall–Kier alpha value is -2.64. The molecule has 0 spiro atoms. The lowest BCUT2D eigenvalue weighted by molar-refractivity contribution is 0.187. The molecule has 4 rings (SSSR count). The molecule has 0 radical (unpaired) electrons. The molecule has 0 bridgehead atoms. The van der Waals surface area contributed by atoms with E-state index in [9.17, 15) is 0 Å². The van der Waals surface area contributed by atoms with E-state index in [1.807, 2.05) is 47.1 Å². The Labute approximate surface area is 169 Å². The van der Waals surface area contributed by atoms with Crippen molar-refractivity contribution < 1.29 is 9.47 Å². The molecule has 1 aliphatic heterocycles. The summed E-state index contributed by atoms with van der Waals surface area (Å²) in [5, 5.41) is 3.35. The molecule has 1 atom stereocenters. The van der Waals surface area contributed by atoms with Crippen LogP contribution in [0.2, 0.25) is 0 Å². The lowest BCUT2D eigenvalue weighted by atomic mass is 10.0. The van der Waals surface area contributed by atoms with Gasteiger partial charge in [0, 0.05) is 29.8 Å². The molecule has 146 valence electrons. The average Bonchev–Trinajstić information content (AvgIpc) is 3.35. The van der Waals surface area contributed by atoms with E-state index in [1.165, 1.54) is 5.56 Å². The van der Waals surface area contributed by atoms with Crippen molar-refractivity contribution in [2.45, 2.75) is 25.6 Å². The van der Waals surface area contributed by atoms with Crippen molar-refractivity contribution in [3.05, 3.63) is 58.9 Å². The summed E-state index contributed by atoms with van der Waals surface area (Å²) < 4.78 is 13.5. The lowest BCUT2D eigenvalue weighted by Gasteiger charge is -2.26. The van der Waals surface area contributed by atoms with Crippen molar-refractivity contribution in [1.82, 2.24) is 19.7 Å². The number of nitrogens with one attached hydrogen (secondary N) is 1. The number of rotatable bonds is 6. The Morgan fingerprint density at radius 1 is 1.14 bits per heavy atom. The van der Waals surface area contributed by atoms with Gasteiger partial charge in [0.2, 0.25) is 4.77 Å². The van der Waals surface area contributed by atoms with Crippen molar-refractivity contribution >= 4 is 12.2 Å². The zero-order valence-electron chi connectivity index (χ0n) is 16.1. The third kappa shape index (κ3) is 3.68. The number of methoxy groups -OCH3 is 2. The molecular weight excluding hydrogens is 372 g/mol. The summed E-state index contributed by atoms with van der Waals surface area (Å²) in [5.74, 6) is 2.45. The monoisotopic (exact) mass is 396 g/mol. The number of H-pyrrole nitrogens is 1. The van der Waals surface area contributed by atoms with Crippen LogP contribution in [0.1, 0.15) is 24.4 Å². The van der Waals surface area contributed by atoms with Gasteiger partial charge < -0.3 is 9.47 Å². The molecular formula is C21H24N4O2S. The van der Waals surface area contributed by atoms with Crippen molar-refractivity contribution in [3.63, 3.8) is 0 Å². The lowest BCUT2D eigenvalue weighted by Crippen LogP contribution is -2.27. The number of aromatic amines is 1. The molecule has 0 aliphatic carbocycles. The van der Waals surface area contributed by atoms with Crippen LogP contribution in [-0.2, 0) is 6.67 Å². The van der Waals surface area contributed by atoms with Crippen LogP contribution in [0, 0.1) is 4.77 Å². The predicted molar refractivity (Wildman–Crippen MR) is 111 cm³/mol. The highest BCUT2D eigenvalue weighted by molar-refractivity contribution is 7.71. The van der Waals surface area contributed by atoms with Crippen LogP contribution in [0.15, 0.2) is 48.5 Å². The first-order valence-corrected chi connectivity index (χ1v) is 9.78. The number of likely N-dealkylation sites (tertiary alicyclic amines) is 1. The smallest absolute Gasteiger partial charge is 0.217 e. The summed E-state index contributed by atoms with van der Waals surface area (Å²) in [6, 6.07) is 16.3. The van der Waals surface area contributed by atoms with E-state index in [0.717, 1.165) is 42.3 Å².